The van der Waals surface area contributed by atoms with Gasteiger partial charge in [0.25, 0.3) is 0 Å². The van der Waals surface area contributed by atoms with E-state index in [0.29, 0.717) is 17.9 Å². The Hall–Kier alpha value is -2.59. The first-order valence-corrected chi connectivity index (χ1v) is 9.39. The maximum atomic E-state index is 12.8. The van der Waals surface area contributed by atoms with Gasteiger partial charge < -0.3 is 10.1 Å². The molecule has 1 N–H and O–H groups in total. The zero-order valence-corrected chi connectivity index (χ0v) is 16.0. The molecule has 5 heteroatoms. The normalized spacial score (nSPS) is 18.8. The van der Waals surface area contributed by atoms with Gasteiger partial charge in [-0.15, -0.1) is 0 Å². The Bertz CT molecular complexity index is 861. The Morgan fingerprint density at radius 3 is 2.74 bits per heavy atom. The van der Waals surface area contributed by atoms with Crippen LogP contribution in [0.15, 0.2) is 54.6 Å². The van der Waals surface area contributed by atoms with Crippen molar-refractivity contribution in [3.05, 3.63) is 70.8 Å². The fraction of sp³-hybridized carbons (Fsp3) is 0.273. The second-order valence-corrected chi connectivity index (χ2v) is 6.99. The molecule has 0 aliphatic carbocycles. The van der Waals surface area contributed by atoms with Crippen molar-refractivity contribution < 1.29 is 14.3 Å². The number of esters is 1. The summed E-state index contributed by atoms with van der Waals surface area (Å²) in [4.78, 5) is 24.3. The van der Waals surface area contributed by atoms with Crippen LogP contribution in [0.1, 0.15) is 36.8 Å². The first-order chi connectivity index (χ1) is 13.1. The van der Waals surface area contributed by atoms with Crippen LogP contribution >= 0.6 is 11.6 Å². The van der Waals surface area contributed by atoms with Gasteiger partial charge in [-0.3, -0.25) is 9.59 Å². The molecule has 3 rings (SSSR count). The van der Waals surface area contributed by atoms with E-state index in [9.17, 15) is 9.59 Å². The van der Waals surface area contributed by atoms with Crippen molar-refractivity contribution in [2.75, 3.05) is 12.4 Å². The Balaban J connectivity index is 1.96. The predicted molar refractivity (Wildman–Crippen MR) is 108 cm³/mol. The van der Waals surface area contributed by atoms with Gasteiger partial charge in [-0.05, 0) is 48.6 Å². The first-order valence-electron chi connectivity index (χ1n) is 9.01. The van der Waals surface area contributed by atoms with Gasteiger partial charge in [0.2, 0.25) is 5.91 Å². The highest BCUT2D eigenvalue weighted by Crippen LogP contribution is 2.34. The van der Waals surface area contributed by atoms with Gasteiger partial charge in [-0.25, -0.2) is 0 Å². The van der Waals surface area contributed by atoms with Crippen molar-refractivity contribution in [3.63, 3.8) is 0 Å². The van der Waals surface area contributed by atoms with Crippen LogP contribution in [-0.2, 0) is 14.3 Å². The lowest BCUT2D eigenvalue weighted by Crippen LogP contribution is -2.24. The predicted octanol–water partition coefficient (Wildman–Crippen LogP) is 5.07. The fourth-order valence-electron chi connectivity index (χ4n) is 3.31. The minimum atomic E-state index is -0.296. The summed E-state index contributed by atoms with van der Waals surface area (Å²) in [5, 5.41) is 3.65. The highest BCUT2D eigenvalue weighted by molar-refractivity contribution is 6.31. The molecule has 0 aromatic heterocycles. The molecule has 2 aromatic rings. The second-order valence-electron chi connectivity index (χ2n) is 6.55. The molecule has 0 fully saturated rings. The summed E-state index contributed by atoms with van der Waals surface area (Å²) in [5.41, 5.74) is 3.74. The lowest BCUT2D eigenvalue weighted by Gasteiger charge is -2.17. The molecule has 1 atom stereocenters. The van der Waals surface area contributed by atoms with Crippen LogP contribution in [0, 0.1) is 5.92 Å². The third kappa shape index (κ3) is 4.77. The highest BCUT2D eigenvalue weighted by atomic mass is 35.5. The van der Waals surface area contributed by atoms with E-state index in [1.165, 1.54) is 7.11 Å². The Kier molecular flexibility index (Phi) is 6.30. The number of halogens is 1. The molecule has 140 valence electrons. The topological polar surface area (TPSA) is 55.4 Å². The minimum absolute atomic E-state index is 0.0785. The molecule has 4 nitrogen and oxygen atoms in total. The molecule has 0 saturated carbocycles. The third-order valence-corrected chi connectivity index (χ3v) is 5.01. The van der Waals surface area contributed by atoms with Gasteiger partial charge in [0.1, 0.15) is 0 Å². The number of methoxy groups -OCH3 is 1. The average Bonchev–Trinajstić information content (AvgIpc) is 2.75. The van der Waals surface area contributed by atoms with E-state index >= 15 is 0 Å². The molecule has 0 spiro atoms. The summed E-state index contributed by atoms with van der Waals surface area (Å²) >= 11 is 6.24. The molecule has 0 saturated heterocycles. The molecule has 0 radical (unpaired) electrons. The maximum Gasteiger partial charge on any atom is 0.305 e. The number of hydrogen-bond donors (Lipinski definition) is 1. The largest absolute Gasteiger partial charge is 0.469 e. The number of allylic oxidation sites excluding steroid dienone is 1. The summed E-state index contributed by atoms with van der Waals surface area (Å²) in [6, 6.07) is 15.5. The number of carbonyl (C=O) groups excluding carboxylic acids is 2. The molecule has 1 heterocycles. The minimum Gasteiger partial charge on any atom is -0.469 e. The van der Waals surface area contributed by atoms with E-state index in [1.807, 2.05) is 42.5 Å². The van der Waals surface area contributed by atoms with Crippen molar-refractivity contribution in [1.82, 2.24) is 0 Å². The van der Waals surface area contributed by atoms with Crippen molar-refractivity contribution in [3.8, 4) is 0 Å². The number of fused-ring (bicyclic) bond motifs is 1. The number of hydrogen-bond acceptors (Lipinski definition) is 3. The number of rotatable bonds is 4. The summed E-state index contributed by atoms with van der Waals surface area (Å²) in [5.74, 6) is -0.625. The molecule has 2 aromatic carbocycles. The molecular weight excluding hydrogens is 362 g/mol. The van der Waals surface area contributed by atoms with E-state index < -0.39 is 0 Å². The smallest absolute Gasteiger partial charge is 0.305 e. The Labute approximate surface area is 164 Å². The quantitative estimate of drug-likeness (QED) is 0.749. The lowest BCUT2D eigenvalue weighted by molar-refractivity contribution is -0.141. The highest BCUT2D eigenvalue weighted by Gasteiger charge is 2.23. The molecule has 0 bridgehead atoms. The number of anilines is 1. The van der Waals surface area contributed by atoms with Gasteiger partial charge in [0.15, 0.2) is 0 Å². The van der Waals surface area contributed by atoms with Gasteiger partial charge in [-0.1, -0.05) is 48.0 Å². The number of benzene rings is 2. The summed E-state index contributed by atoms with van der Waals surface area (Å²) < 4.78 is 4.70. The fourth-order valence-corrected chi connectivity index (χ4v) is 3.49. The van der Waals surface area contributed by atoms with Crippen LogP contribution in [0.25, 0.3) is 5.57 Å². The number of amides is 1. The van der Waals surface area contributed by atoms with E-state index in [-0.39, 0.29) is 24.2 Å². The van der Waals surface area contributed by atoms with Crippen LogP contribution in [0.2, 0.25) is 5.02 Å². The maximum absolute atomic E-state index is 12.8. The SMILES string of the molecule is COC(=O)CCC1CC/C=C(/c2ccccc2)c2cc(Cl)ccc2NC1=O. The second kappa shape index (κ2) is 8.87. The van der Waals surface area contributed by atoms with Crippen LogP contribution in [-0.4, -0.2) is 19.0 Å². The van der Waals surface area contributed by atoms with Gasteiger partial charge in [0, 0.05) is 28.6 Å². The molecule has 1 aliphatic rings. The van der Waals surface area contributed by atoms with Crippen molar-refractivity contribution >= 4 is 34.7 Å². The molecule has 27 heavy (non-hydrogen) atoms. The zero-order chi connectivity index (χ0) is 19.2. The Morgan fingerprint density at radius 1 is 1.22 bits per heavy atom. The summed E-state index contributed by atoms with van der Waals surface area (Å²) in [7, 11) is 1.36. The van der Waals surface area contributed by atoms with E-state index in [0.717, 1.165) is 28.8 Å². The Morgan fingerprint density at radius 2 is 2.00 bits per heavy atom. The van der Waals surface area contributed by atoms with E-state index in [2.05, 4.69) is 11.4 Å². The number of carbonyl (C=O) groups is 2. The van der Waals surface area contributed by atoms with Crippen molar-refractivity contribution in [2.24, 2.45) is 5.92 Å². The van der Waals surface area contributed by atoms with Crippen LogP contribution < -0.4 is 5.32 Å². The molecular formula is C22H22ClNO3. The van der Waals surface area contributed by atoms with Crippen LogP contribution in [0.5, 0.6) is 0 Å². The van der Waals surface area contributed by atoms with Gasteiger partial charge in [-0.2, -0.15) is 0 Å². The number of ether oxygens (including phenoxy) is 1. The lowest BCUT2D eigenvalue weighted by atomic mass is 9.94. The molecule has 1 unspecified atom stereocenters. The number of nitrogens with one attached hydrogen (secondary N) is 1. The standard InChI is InChI=1S/C22H22ClNO3/c1-27-21(25)13-10-16-8-5-9-18(15-6-3-2-4-7-15)19-14-17(23)11-12-20(19)24-22(16)26/h2-4,6-7,9,11-12,14,16H,5,8,10,13H2,1H3,(H,24,26)/b18-9-. The monoisotopic (exact) mass is 383 g/mol. The average molecular weight is 384 g/mol. The van der Waals surface area contributed by atoms with E-state index in [1.54, 1.807) is 6.07 Å². The molecule has 1 amide bonds. The first kappa shape index (κ1) is 19.2. The van der Waals surface area contributed by atoms with Crippen LogP contribution in [0.3, 0.4) is 0 Å². The van der Waals surface area contributed by atoms with Gasteiger partial charge in [0.05, 0.1) is 7.11 Å². The van der Waals surface area contributed by atoms with Crippen LogP contribution in [0.4, 0.5) is 5.69 Å². The summed E-state index contributed by atoms with van der Waals surface area (Å²) in [6.07, 6.45) is 4.25. The summed E-state index contributed by atoms with van der Waals surface area (Å²) in [6.45, 7) is 0. The van der Waals surface area contributed by atoms with E-state index in [4.69, 9.17) is 16.3 Å². The third-order valence-electron chi connectivity index (χ3n) is 4.77. The zero-order valence-electron chi connectivity index (χ0n) is 15.2. The van der Waals surface area contributed by atoms with Crippen molar-refractivity contribution in [2.45, 2.75) is 25.7 Å². The van der Waals surface area contributed by atoms with Gasteiger partial charge >= 0.3 is 5.97 Å². The van der Waals surface area contributed by atoms with Crippen molar-refractivity contribution in [1.29, 1.82) is 0 Å². The molecule has 1 aliphatic heterocycles.